The van der Waals surface area contributed by atoms with Gasteiger partial charge in [0, 0.05) is 11.7 Å². The summed E-state index contributed by atoms with van der Waals surface area (Å²) in [6.45, 7) is 5.45. The number of benzene rings is 2. The number of carbonyl (C=O) groups is 1. The zero-order valence-electron chi connectivity index (χ0n) is 15.2. The fourth-order valence-corrected chi connectivity index (χ4v) is 3.67. The number of nitrogens with one attached hydrogen (secondary N) is 1. The Kier molecular flexibility index (Phi) is 5.39. The molecule has 4 heteroatoms. The van der Waals surface area contributed by atoms with Crippen LogP contribution in [0.3, 0.4) is 0 Å². The van der Waals surface area contributed by atoms with Gasteiger partial charge in [-0.2, -0.15) is 0 Å². The SMILES string of the molecule is COc1cccc([C@H]2CCCN2CC(=O)Nc2cc(C)cc(C)c2)c1. The maximum Gasteiger partial charge on any atom is 0.238 e. The van der Waals surface area contributed by atoms with Crippen molar-refractivity contribution in [2.45, 2.75) is 32.7 Å². The highest BCUT2D eigenvalue weighted by Crippen LogP contribution is 2.33. The van der Waals surface area contributed by atoms with Crippen LogP contribution in [0.5, 0.6) is 5.75 Å². The molecule has 1 saturated heterocycles. The van der Waals surface area contributed by atoms with Crippen LogP contribution in [0, 0.1) is 13.8 Å². The lowest BCUT2D eigenvalue weighted by molar-refractivity contribution is -0.117. The molecule has 2 aromatic carbocycles. The van der Waals surface area contributed by atoms with Gasteiger partial charge in [0.1, 0.15) is 5.75 Å². The van der Waals surface area contributed by atoms with Crippen molar-refractivity contribution < 1.29 is 9.53 Å². The van der Waals surface area contributed by atoms with Gasteiger partial charge in [0.2, 0.25) is 5.91 Å². The van der Waals surface area contributed by atoms with Crippen molar-refractivity contribution in [3.63, 3.8) is 0 Å². The van der Waals surface area contributed by atoms with E-state index in [1.54, 1.807) is 7.11 Å². The first-order valence-corrected chi connectivity index (χ1v) is 8.81. The number of aryl methyl sites for hydroxylation is 2. The molecule has 132 valence electrons. The molecular formula is C21H26N2O2. The van der Waals surface area contributed by atoms with Gasteiger partial charge in [0.25, 0.3) is 0 Å². The largest absolute Gasteiger partial charge is 0.497 e. The molecule has 1 N–H and O–H groups in total. The molecular weight excluding hydrogens is 312 g/mol. The molecule has 0 saturated carbocycles. The number of amides is 1. The van der Waals surface area contributed by atoms with Crippen molar-refractivity contribution >= 4 is 11.6 Å². The van der Waals surface area contributed by atoms with Crippen LogP contribution in [-0.4, -0.2) is 31.0 Å². The number of nitrogens with zero attached hydrogens (tertiary/aromatic N) is 1. The summed E-state index contributed by atoms with van der Waals surface area (Å²) in [6, 6.07) is 14.6. The number of rotatable bonds is 5. The highest BCUT2D eigenvalue weighted by Gasteiger charge is 2.27. The number of anilines is 1. The van der Waals surface area contributed by atoms with Crippen LogP contribution in [0.25, 0.3) is 0 Å². The van der Waals surface area contributed by atoms with E-state index in [-0.39, 0.29) is 11.9 Å². The third kappa shape index (κ3) is 4.40. The molecule has 0 bridgehead atoms. The lowest BCUT2D eigenvalue weighted by Crippen LogP contribution is -2.33. The van der Waals surface area contributed by atoms with E-state index in [0.29, 0.717) is 6.54 Å². The molecule has 1 heterocycles. The van der Waals surface area contributed by atoms with Crippen LogP contribution in [0.4, 0.5) is 5.69 Å². The summed E-state index contributed by atoms with van der Waals surface area (Å²) in [5.41, 5.74) is 4.41. The molecule has 25 heavy (non-hydrogen) atoms. The Morgan fingerprint density at radius 3 is 2.68 bits per heavy atom. The minimum Gasteiger partial charge on any atom is -0.497 e. The molecule has 2 aromatic rings. The predicted molar refractivity (Wildman–Crippen MR) is 101 cm³/mol. The molecule has 0 unspecified atom stereocenters. The second kappa shape index (κ2) is 7.70. The average Bonchev–Trinajstić information content (AvgIpc) is 3.01. The van der Waals surface area contributed by atoms with Crippen LogP contribution >= 0.6 is 0 Å². The fourth-order valence-electron chi connectivity index (χ4n) is 3.67. The third-order valence-corrected chi connectivity index (χ3v) is 4.69. The normalized spacial score (nSPS) is 17.5. The first-order valence-electron chi connectivity index (χ1n) is 8.81. The monoisotopic (exact) mass is 338 g/mol. The van der Waals surface area contributed by atoms with Gasteiger partial charge in [-0.05, 0) is 74.2 Å². The topological polar surface area (TPSA) is 41.6 Å². The van der Waals surface area contributed by atoms with Gasteiger partial charge in [-0.1, -0.05) is 18.2 Å². The highest BCUT2D eigenvalue weighted by molar-refractivity contribution is 5.92. The van der Waals surface area contributed by atoms with Gasteiger partial charge < -0.3 is 10.1 Å². The maximum absolute atomic E-state index is 12.5. The molecule has 0 radical (unpaired) electrons. The standard InChI is InChI=1S/C21H26N2O2/c1-15-10-16(2)12-18(11-15)22-21(24)14-23-9-5-8-20(23)17-6-4-7-19(13-17)25-3/h4,6-7,10-13,20H,5,8-9,14H2,1-3H3,(H,22,24)/t20-/m1/s1. The summed E-state index contributed by atoms with van der Waals surface area (Å²) in [5.74, 6) is 0.906. The zero-order chi connectivity index (χ0) is 17.8. The molecule has 0 aromatic heterocycles. The van der Waals surface area contributed by atoms with Crippen molar-refractivity contribution in [3.8, 4) is 5.75 Å². The Labute approximate surface area is 149 Å². The van der Waals surface area contributed by atoms with Crippen LogP contribution in [0.1, 0.15) is 35.6 Å². The lowest BCUT2D eigenvalue weighted by atomic mass is 10.0. The summed E-state index contributed by atoms with van der Waals surface area (Å²) >= 11 is 0. The maximum atomic E-state index is 12.5. The summed E-state index contributed by atoms with van der Waals surface area (Å²) in [5, 5.41) is 3.04. The van der Waals surface area contributed by atoms with Gasteiger partial charge in [-0.3, -0.25) is 9.69 Å². The van der Waals surface area contributed by atoms with Gasteiger partial charge >= 0.3 is 0 Å². The number of likely N-dealkylation sites (tertiary alicyclic amines) is 1. The number of ether oxygens (including phenoxy) is 1. The molecule has 3 rings (SSSR count). The van der Waals surface area contributed by atoms with Gasteiger partial charge in [0.15, 0.2) is 0 Å². The molecule has 1 fully saturated rings. The molecule has 0 aliphatic carbocycles. The number of hydrogen-bond acceptors (Lipinski definition) is 3. The van der Waals surface area contributed by atoms with Crippen molar-refractivity contribution in [3.05, 3.63) is 59.2 Å². The average molecular weight is 338 g/mol. The first kappa shape index (κ1) is 17.5. The summed E-state index contributed by atoms with van der Waals surface area (Å²) in [4.78, 5) is 14.8. The number of carbonyl (C=O) groups excluding carboxylic acids is 1. The quantitative estimate of drug-likeness (QED) is 0.893. The highest BCUT2D eigenvalue weighted by atomic mass is 16.5. The van der Waals surface area contributed by atoms with Crippen molar-refractivity contribution in [1.82, 2.24) is 4.90 Å². The summed E-state index contributed by atoms with van der Waals surface area (Å²) < 4.78 is 5.33. The predicted octanol–water partition coefficient (Wildman–Crippen LogP) is 4.09. The van der Waals surface area contributed by atoms with Crippen LogP contribution in [-0.2, 0) is 4.79 Å². The second-order valence-corrected chi connectivity index (χ2v) is 6.83. The van der Waals surface area contributed by atoms with E-state index in [4.69, 9.17) is 4.74 Å². The zero-order valence-corrected chi connectivity index (χ0v) is 15.2. The van der Waals surface area contributed by atoms with Crippen molar-refractivity contribution in [1.29, 1.82) is 0 Å². The van der Waals surface area contributed by atoms with E-state index < -0.39 is 0 Å². The third-order valence-electron chi connectivity index (χ3n) is 4.69. The van der Waals surface area contributed by atoms with Gasteiger partial charge in [-0.15, -0.1) is 0 Å². The van der Waals surface area contributed by atoms with E-state index in [1.807, 2.05) is 38.1 Å². The molecule has 0 spiro atoms. The second-order valence-electron chi connectivity index (χ2n) is 6.83. The Bertz CT molecular complexity index is 737. The molecule has 1 amide bonds. The molecule has 1 aliphatic heterocycles. The van der Waals surface area contributed by atoms with E-state index in [1.165, 1.54) is 5.56 Å². The van der Waals surface area contributed by atoms with E-state index >= 15 is 0 Å². The Morgan fingerprint density at radius 1 is 1.20 bits per heavy atom. The first-order chi connectivity index (χ1) is 12.0. The Hall–Kier alpha value is -2.33. The summed E-state index contributed by atoms with van der Waals surface area (Å²) in [7, 11) is 1.68. The smallest absolute Gasteiger partial charge is 0.238 e. The summed E-state index contributed by atoms with van der Waals surface area (Å²) in [6.07, 6.45) is 2.18. The van der Waals surface area contributed by atoms with Crippen molar-refractivity contribution in [2.75, 3.05) is 25.5 Å². The van der Waals surface area contributed by atoms with Gasteiger partial charge in [-0.25, -0.2) is 0 Å². The Morgan fingerprint density at radius 2 is 1.96 bits per heavy atom. The van der Waals surface area contributed by atoms with Crippen LogP contribution < -0.4 is 10.1 Å². The molecule has 4 nitrogen and oxygen atoms in total. The van der Waals surface area contributed by atoms with E-state index in [9.17, 15) is 4.79 Å². The van der Waals surface area contributed by atoms with E-state index in [0.717, 1.165) is 42.0 Å². The minimum absolute atomic E-state index is 0.0415. The van der Waals surface area contributed by atoms with Crippen LogP contribution in [0.15, 0.2) is 42.5 Å². The lowest BCUT2D eigenvalue weighted by Gasteiger charge is -2.24. The molecule has 1 atom stereocenters. The number of hydrogen-bond donors (Lipinski definition) is 1. The Balaban J connectivity index is 1.67. The number of methoxy groups -OCH3 is 1. The molecule has 1 aliphatic rings. The van der Waals surface area contributed by atoms with E-state index in [2.05, 4.69) is 28.4 Å². The van der Waals surface area contributed by atoms with Crippen molar-refractivity contribution in [2.24, 2.45) is 0 Å². The fraction of sp³-hybridized carbons (Fsp3) is 0.381. The minimum atomic E-state index is 0.0415. The van der Waals surface area contributed by atoms with Gasteiger partial charge in [0.05, 0.1) is 13.7 Å². The van der Waals surface area contributed by atoms with Crippen LogP contribution in [0.2, 0.25) is 0 Å².